The standard InChI is InChI=1S/C26H23F2N3O5/c1-35-14-17-8-5-13-36-25-18(9-10-19(27)21(25)28)22(16-6-3-2-4-7-16)31-15-29(17)26(34)23-24(33)20(32)11-12-30(23)31/h2-12,17,22,33H,13-15H2,1H3/b8-5+/t17-,22-/m0/s1. The maximum Gasteiger partial charge on any atom is 0.278 e. The van der Waals surface area contributed by atoms with Crippen LogP contribution in [0.15, 0.2) is 71.7 Å². The Hall–Kier alpha value is -4.18. The zero-order chi connectivity index (χ0) is 25.4. The molecule has 10 heteroatoms. The summed E-state index contributed by atoms with van der Waals surface area (Å²) in [7, 11) is 1.48. The second-order valence-corrected chi connectivity index (χ2v) is 8.43. The summed E-state index contributed by atoms with van der Waals surface area (Å²) in [6.07, 6.45) is 4.63. The van der Waals surface area contributed by atoms with E-state index in [1.54, 1.807) is 29.3 Å². The third kappa shape index (κ3) is 3.89. The number of carbonyl (C=O) groups is 1. The Morgan fingerprint density at radius 2 is 1.89 bits per heavy atom. The number of pyridine rings is 1. The van der Waals surface area contributed by atoms with Crippen molar-refractivity contribution in [1.82, 2.24) is 9.58 Å². The number of benzene rings is 2. The van der Waals surface area contributed by atoms with E-state index in [0.29, 0.717) is 11.1 Å². The lowest BCUT2D eigenvalue weighted by Crippen LogP contribution is -2.58. The summed E-state index contributed by atoms with van der Waals surface area (Å²) in [5.74, 6) is -3.75. The number of rotatable bonds is 3. The van der Waals surface area contributed by atoms with Gasteiger partial charge in [-0.1, -0.05) is 36.4 Å². The summed E-state index contributed by atoms with van der Waals surface area (Å²) in [4.78, 5) is 27.3. The van der Waals surface area contributed by atoms with Crippen molar-refractivity contribution in [3.8, 4) is 11.5 Å². The Morgan fingerprint density at radius 3 is 2.64 bits per heavy atom. The Bertz CT molecular complexity index is 1390. The molecular formula is C26H23F2N3O5. The van der Waals surface area contributed by atoms with E-state index < -0.39 is 40.8 Å². The number of aromatic hydroxyl groups is 1. The molecule has 0 fully saturated rings. The summed E-state index contributed by atoms with van der Waals surface area (Å²) in [5, 5.41) is 12.4. The van der Waals surface area contributed by atoms with Gasteiger partial charge >= 0.3 is 0 Å². The van der Waals surface area contributed by atoms with E-state index in [2.05, 4.69) is 0 Å². The number of amides is 1. The average Bonchev–Trinajstić information content (AvgIpc) is 2.90. The van der Waals surface area contributed by atoms with Crippen LogP contribution in [0.2, 0.25) is 0 Å². The molecule has 1 N–H and O–H groups in total. The van der Waals surface area contributed by atoms with E-state index in [0.717, 1.165) is 12.1 Å². The molecule has 0 saturated heterocycles. The fraction of sp³-hybridized carbons (Fsp3) is 0.231. The number of methoxy groups -OCH3 is 1. The first-order chi connectivity index (χ1) is 17.4. The molecule has 2 aliphatic rings. The summed E-state index contributed by atoms with van der Waals surface area (Å²) < 4.78 is 41.8. The van der Waals surface area contributed by atoms with Gasteiger partial charge in [0.2, 0.25) is 11.2 Å². The molecule has 3 aromatic rings. The van der Waals surface area contributed by atoms with Crippen molar-refractivity contribution in [2.75, 3.05) is 32.0 Å². The van der Waals surface area contributed by atoms with Crippen molar-refractivity contribution in [3.63, 3.8) is 0 Å². The molecule has 8 nitrogen and oxygen atoms in total. The smallest absolute Gasteiger partial charge is 0.278 e. The topological polar surface area (TPSA) is 84.2 Å². The number of halogens is 2. The zero-order valence-corrected chi connectivity index (χ0v) is 19.3. The first kappa shape index (κ1) is 23.6. The highest BCUT2D eigenvalue weighted by Gasteiger charge is 2.40. The van der Waals surface area contributed by atoms with E-state index >= 15 is 4.39 Å². The van der Waals surface area contributed by atoms with Gasteiger partial charge in [0.1, 0.15) is 19.3 Å². The van der Waals surface area contributed by atoms with Crippen LogP contribution in [0.3, 0.4) is 0 Å². The van der Waals surface area contributed by atoms with Crippen LogP contribution in [0.1, 0.15) is 27.7 Å². The van der Waals surface area contributed by atoms with Crippen LogP contribution in [0.4, 0.5) is 8.78 Å². The minimum absolute atomic E-state index is 0.0233. The van der Waals surface area contributed by atoms with Crippen molar-refractivity contribution in [2.45, 2.75) is 12.1 Å². The normalized spacial score (nSPS) is 20.1. The predicted molar refractivity (Wildman–Crippen MR) is 127 cm³/mol. The largest absolute Gasteiger partial charge is 0.502 e. The van der Waals surface area contributed by atoms with Gasteiger partial charge in [0.05, 0.1) is 12.6 Å². The van der Waals surface area contributed by atoms with Crippen molar-refractivity contribution >= 4 is 5.91 Å². The van der Waals surface area contributed by atoms with Crippen LogP contribution >= 0.6 is 0 Å². The highest BCUT2D eigenvalue weighted by molar-refractivity contribution is 5.96. The number of fused-ring (bicyclic) bond motifs is 5. The lowest BCUT2D eigenvalue weighted by atomic mass is 9.96. The van der Waals surface area contributed by atoms with Crippen molar-refractivity contribution in [3.05, 3.63) is 106 Å². The minimum Gasteiger partial charge on any atom is -0.502 e. The third-order valence-corrected chi connectivity index (χ3v) is 6.30. The molecule has 36 heavy (non-hydrogen) atoms. The highest BCUT2D eigenvalue weighted by atomic mass is 19.2. The van der Waals surface area contributed by atoms with Crippen LogP contribution in [-0.2, 0) is 4.74 Å². The molecule has 0 radical (unpaired) electrons. The molecule has 3 heterocycles. The van der Waals surface area contributed by atoms with E-state index in [-0.39, 0.29) is 31.3 Å². The number of hydrogen-bond acceptors (Lipinski definition) is 6. The predicted octanol–water partition coefficient (Wildman–Crippen LogP) is 2.94. The molecule has 1 amide bonds. The monoisotopic (exact) mass is 495 g/mol. The van der Waals surface area contributed by atoms with Crippen LogP contribution in [-0.4, -0.2) is 53.6 Å². The minimum atomic E-state index is -1.14. The van der Waals surface area contributed by atoms with E-state index in [1.807, 2.05) is 18.2 Å². The lowest BCUT2D eigenvalue weighted by molar-refractivity contribution is 0.0518. The first-order valence-electron chi connectivity index (χ1n) is 11.3. The molecule has 5 rings (SSSR count). The Balaban J connectivity index is 1.83. The van der Waals surface area contributed by atoms with E-state index in [9.17, 15) is 19.1 Å². The number of hydrogen-bond donors (Lipinski definition) is 1. The van der Waals surface area contributed by atoms with Crippen molar-refractivity contribution < 1.29 is 28.2 Å². The highest BCUT2D eigenvalue weighted by Crippen LogP contribution is 2.39. The molecule has 0 spiro atoms. The molecule has 0 saturated carbocycles. The number of aromatic nitrogens is 1. The van der Waals surface area contributed by atoms with E-state index in [4.69, 9.17) is 9.47 Å². The molecular weight excluding hydrogens is 472 g/mol. The van der Waals surface area contributed by atoms with E-state index in [1.165, 1.54) is 28.9 Å². The summed E-state index contributed by atoms with van der Waals surface area (Å²) in [6, 6.07) is 11.2. The van der Waals surface area contributed by atoms with Gasteiger partial charge in [0.15, 0.2) is 23.0 Å². The quantitative estimate of drug-likeness (QED) is 0.563. The Morgan fingerprint density at radius 1 is 1.11 bits per heavy atom. The fourth-order valence-corrected chi connectivity index (χ4v) is 4.64. The van der Waals surface area contributed by atoms with Crippen LogP contribution in [0.25, 0.3) is 0 Å². The molecule has 186 valence electrons. The lowest BCUT2D eigenvalue weighted by Gasteiger charge is -2.45. The van der Waals surface area contributed by atoms with Crippen molar-refractivity contribution in [1.29, 1.82) is 0 Å². The van der Waals surface area contributed by atoms with Gasteiger partial charge in [-0.2, -0.15) is 4.39 Å². The maximum atomic E-state index is 15.1. The maximum absolute atomic E-state index is 15.1. The van der Waals surface area contributed by atoms with Gasteiger partial charge in [0, 0.05) is 24.9 Å². The summed E-state index contributed by atoms with van der Waals surface area (Å²) in [5.41, 5.74) is 0.0283. The third-order valence-electron chi connectivity index (χ3n) is 6.30. The van der Waals surface area contributed by atoms with Crippen molar-refractivity contribution in [2.24, 2.45) is 0 Å². The number of carbonyl (C=O) groups excluding carboxylic acids is 1. The summed E-state index contributed by atoms with van der Waals surface area (Å²) >= 11 is 0. The van der Waals surface area contributed by atoms with Gasteiger partial charge in [-0.3, -0.25) is 19.3 Å². The fourth-order valence-electron chi connectivity index (χ4n) is 4.64. The molecule has 0 aliphatic carbocycles. The number of nitrogens with zero attached hydrogens (tertiary/aromatic N) is 3. The molecule has 0 unspecified atom stereocenters. The van der Waals surface area contributed by atoms with Gasteiger partial charge in [0.25, 0.3) is 5.91 Å². The SMILES string of the molecule is COC[C@@H]1/C=C/COc2c(ccc(F)c2F)[C@H](c2ccccc2)N2CN1C(=O)c1c(O)c(=O)ccn12. The Labute approximate surface area is 205 Å². The average molecular weight is 495 g/mol. The van der Waals surface area contributed by atoms with Crippen LogP contribution in [0, 0.1) is 11.6 Å². The molecule has 1 aromatic heterocycles. The number of ether oxygens (including phenoxy) is 2. The second-order valence-electron chi connectivity index (χ2n) is 8.43. The van der Waals surface area contributed by atoms with Gasteiger partial charge < -0.3 is 19.5 Å². The molecule has 2 bridgehead atoms. The molecule has 2 aromatic carbocycles. The molecule has 2 aliphatic heterocycles. The van der Waals surface area contributed by atoms with Crippen LogP contribution in [0.5, 0.6) is 11.5 Å². The summed E-state index contributed by atoms with van der Waals surface area (Å²) in [6.45, 7) is -0.00245. The van der Waals surface area contributed by atoms with Crippen LogP contribution < -0.4 is 15.2 Å². The van der Waals surface area contributed by atoms with Gasteiger partial charge in [-0.15, -0.1) is 0 Å². The zero-order valence-electron chi connectivity index (χ0n) is 19.3. The molecule has 2 atom stereocenters. The van der Waals surface area contributed by atoms with Gasteiger partial charge in [-0.25, -0.2) is 4.39 Å². The van der Waals surface area contributed by atoms with Gasteiger partial charge in [-0.05, 0) is 23.8 Å². The second kappa shape index (κ2) is 9.46. The Kier molecular flexibility index (Phi) is 6.19. The first-order valence-corrected chi connectivity index (χ1v) is 11.3.